The van der Waals surface area contributed by atoms with E-state index in [2.05, 4.69) is 42.9 Å². The van der Waals surface area contributed by atoms with E-state index in [9.17, 15) is 0 Å². The Bertz CT molecular complexity index is 551. The third kappa shape index (κ3) is 2.72. The molecule has 0 unspecified atom stereocenters. The van der Waals surface area contributed by atoms with Crippen LogP contribution in [0.25, 0.3) is 10.9 Å². The number of hydrogen-bond donors (Lipinski definition) is 0. The zero-order chi connectivity index (χ0) is 13.9. The summed E-state index contributed by atoms with van der Waals surface area (Å²) >= 11 is 6.26. The SMILES string of the molecule is CC[N+](CC)(CC)Cc1cccc2ncnc(Cl)c12. The Morgan fingerprint density at radius 2 is 1.74 bits per heavy atom. The van der Waals surface area contributed by atoms with E-state index in [-0.39, 0.29) is 0 Å². The Hall–Kier alpha value is -1.19. The highest BCUT2D eigenvalue weighted by Crippen LogP contribution is 2.26. The monoisotopic (exact) mass is 278 g/mol. The van der Waals surface area contributed by atoms with Gasteiger partial charge in [0.15, 0.2) is 0 Å². The van der Waals surface area contributed by atoms with Gasteiger partial charge in [0, 0.05) is 10.9 Å². The van der Waals surface area contributed by atoms with Crippen LogP contribution in [-0.4, -0.2) is 34.1 Å². The first kappa shape index (κ1) is 14.2. The molecule has 1 aromatic carbocycles. The highest BCUT2D eigenvalue weighted by Gasteiger charge is 2.23. The number of hydrogen-bond acceptors (Lipinski definition) is 2. The van der Waals surface area contributed by atoms with Gasteiger partial charge in [-0.3, -0.25) is 0 Å². The zero-order valence-electron chi connectivity index (χ0n) is 11.9. The van der Waals surface area contributed by atoms with Gasteiger partial charge in [-0.15, -0.1) is 0 Å². The number of rotatable bonds is 5. The van der Waals surface area contributed by atoms with E-state index >= 15 is 0 Å². The van der Waals surface area contributed by atoms with Crippen LogP contribution >= 0.6 is 11.6 Å². The molecule has 0 aliphatic carbocycles. The normalized spacial score (nSPS) is 12.0. The molecule has 0 spiro atoms. The van der Waals surface area contributed by atoms with E-state index in [0.29, 0.717) is 5.15 Å². The van der Waals surface area contributed by atoms with Crippen molar-refractivity contribution in [2.45, 2.75) is 27.3 Å². The summed E-state index contributed by atoms with van der Waals surface area (Å²) in [4.78, 5) is 8.43. The van der Waals surface area contributed by atoms with E-state index in [4.69, 9.17) is 11.6 Å². The van der Waals surface area contributed by atoms with Gasteiger partial charge in [0.05, 0.1) is 25.2 Å². The molecular formula is C15H21ClN3+. The van der Waals surface area contributed by atoms with E-state index < -0.39 is 0 Å². The van der Waals surface area contributed by atoms with Gasteiger partial charge in [-0.25, -0.2) is 9.97 Å². The first-order valence-corrected chi connectivity index (χ1v) is 7.26. The average Bonchev–Trinajstić information content (AvgIpc) is 2.45. The third-order valence-electron chi connectivity index (χ3n) is 4.22. The summed E-state index contributed by atoms with van der Waals surface area (Å²) in [7, 11) is 0. The van der Waals surface area contributed by atoms with E-state index in [1.54, 1.807) is 0 Å². The van der Waals surface area contributed by atoms with Crippen LogP contribution in [0.15, 0.2) is 24.5 Å². The fourth-order valence-corrected chi connectivity index (χ4v) is 2.90. The van der Waals surface area contributed by atoms with Crippen LogP contribution in [0.4, 0.5) is 0 Å². The molecule has 0 atom stereocenters. The largest absolute Gasteiger partial charge is 0.321 e. The van der Waals surface area contributed by atoms with Crippen molar-refractivity contribution in [3.63, 3.8) is 0 Å². The molecule has 0 aliphatic rings. The summed E-state index contributed by atoms with van der Waals surface area (Å²) in [5.41, 5.74) is 2.17. The maximum absolute atomic E-state index is 6.26. The molecule has 2 rings (SSSR count). The molecule has 1 heterocycles. The van der Waals surface area contributed by atoms with Crippen LogP contribution in [-0.2, 0) is 6.54 Å². The molecule has 0 N–H and O–H groups in total. The first-order chi connectivity index (χ1) is 9.15. The van der Waals surface area contributed by atoms with Crippen molar-refractivity contribution < 1.29 is 4.48 Å². The van der Waals surface area contributed by atoms with E-state index in [0.717, 1.165) is 41.6 Å². The van der Waals surface area contributed by atoms with Crippen molar-refractivity contribution >= 4 is 22.5 Å². The van der Waals surface area contributed by atoms with Crippen molar-refractivity contribution in [1.82, 2.24) is 9.97 Å². The van der Waals surface area contributed by atoms with Gasteiger partial charge in [0.2, 0.25) is 0 Å². The molecule has 0 saturated carbocycles. The molecule has 102 valence electrons. The lowest BCUT2D eigenvalue weighted by atomic mass is 10.1. The lowest BCUT2D eigenvalue weighted by molar-refractivity contribution is -0.936. The minimum absolute atomic E-state index is 0.557. The molecule has 0 fully saturated rings. The third-order valence-corrected chi connectivity index (χ3v) is 4.51. The van der Waals surface area contributed by atoms with Gasteiger partial charge in [-0.2, -0.15) is 0 Å². The van der Waals surface area contributed by atoms with Crippen LogP contribution in [0.5, 0.6) is 0 Å². The van der Waals surface area contributed by atoms with Gasteiger partial charge in [0.1, 0.15) is 18.0 Å². The second-order valence-electron chi connectivity index (χ2n) is 4.92. The Kier molecular flexibility index (Phi) is 4.38. The number of halogens is 1. The summed E-state index contributed by atoms with van der Waals surface area (Å²) in [6, 6.07) is 6.19. The number of nitrogens with zero attached hydrogens (tertiary/aromatic N) is 3. The molecule has 0 aliphatic heterocycles. The van der Waals surface area contributed by atoms with Gasteiger partial charge in [-0.1, -0.05) is 23.7 Å². The number of fused-ring (bicyclic) bond motifs is 1. The highest BCUT2D eigenvalue weighted by atomic mass is 35.5. The first-order valence-electron chi connectivity index (χ1n) is 6.89. The minimum Gasteiger partial charge on any atom is -0.321 e. The number of quaternary nitrogens is 1. The summed E-state index contributed by atoms with van der Waals surface area (Å²) in [6.45, 7) is 11.1. The summed E-state index contributed by atoms with van der Waals surface area (Å²) in [6.07, 6.45) is 1.52. The molecule has 0 amide bonds. The lowest BCUT2D eigenvalue weighted by Gasteiger charge is -2.36. The second kappa shape index (κ2) is 5.85. The van der Waals surface area contributed by atoms with Crippen LogP contribution in [0.3, 0.4) is 0 Å². The molecular weight excluding hydrogens is 258 g/mol. The summed E-state index contributed by atoms with van der Waals surface area (Å²) in [5, 5.41) is 1.56. The maximum Gasteiger partial charge on any atom is 0.140 e. The quantitative estimate of drug-likeness (QED) is 0.616. The van der Waals surface area contributed by atoms with Crippen molar-refractivity contribution in [2.24, 2.45) is 0 Å². The van der Waals surface area contributed by atoms with Crippen LogP contribution in [0.2, 0.25) is 5.15 Å². The molecule has 2 aromatic rings. The highest BCUT2D eigenvalue weighted by molar-refractivity contribution is 6.34. The standard InChI is InChI=1S/C15H21ClN3/c1-4-19(5-2,6-3)10-12-8-7-9-13-14(12)15(16)18-11-17-13/h7-9,11H,4-6,10H2,1-3H3/q+1. The minimum atomic E-state index is 0.557. The van der Waals surface area contributed by atoms with E-state index in [1.807, 2.05) is 6.07 Å². The summed E-state index contributed by atoms with van der Waals surface area (Å²) in [5.74, 6) is 0. The molecule has 0 radical (unpaired) electrons. The second-order valence-corrected chi connectivity index (χ2v) is 5.28. The maximum atomic E-state index is 6.26. The number of aromatic nitrogens is 2. The topological polar surface area (TPSA) is 25.8 Å². The fraction of sp³-hybridized carbons (Fsp3) is 0.467. The van der Waals surface area contributed by atoms with Crippen molar-refractivity contribution in [3.05, 3.63) is 35.2 Å². The molecule has 19 heavy (non-hydrogen) atoms. The molecule has 1 aromatic heterocycles. The summed E-state index contributed by atoms with van der Waals surface area (Å²) < 4.78 is 1.06. The van der Waals surface area contributed by atoms with Gasteiger partial charge < -0.3 is 4.48 Å². The van der Waals surface area contributed by atoms with Crippen LogP contribution in [0.1, 0.15) is 26.3 Å². The molecule has 0 bridgehead atoms. The van der Waals surface area contributed by atoms with Crippen molar-refractivity contribution in [1.29, 1.82) is 0 Å². The number of benzene rings is 1. The molecule has 0 saturated heterocycles. The Morgan fingerprint density at radius 1 is 1.05 bits per heavy atom. The van der Waals surface area contributed by atoms with Crippen LogP contribution < -0.4 is 0 Å². The van der Waals surface area contributed by atoms with Crippen molar-refractivity contribution in [2.75, 3.05) is 19.6 Å². The fourth-order valence-electron chi connectivity index (χ4n) is 2.64. The Labute approximate surface area is 119 Å². The predicted octanol–water partition coefficient (Wildman–Crippen LogP) is 3.66. The average molecular weight is 279 g/mol. The van der Waals surface area contributed by atoms with Crippen LogP contribution in [0, 0.1) is 0 Å². The lowest BCUT2D eigenvalue weighted by Crippen LogP contribution is -2.46. The van der Waals surface area contributed by atoms with Gasteiger partial charge >= 0.3 is 0 Å². The van der Waals surface area contributed by atoms with E-state index in [1.165, 1.54) is 11.9 Å². The van der Waals surface area contributed by atoms with Gasteiger partial charge in [0.25, 0.3) is 0 Å². The van der Waals surface area contributed by atoms with Gasteiger partial charge in [-0.05, 0) is 26.8 Å². The van der Waals surface area contributed by atoms with Crippen molar-refractivity contribution in [3.8, 4) is 0 Å². The predicted molar refractivity (Wildman–Crippen MR) is 80.1 cm³/mol. The molecule has 4 heteroatoms. The Morgan fingerprint density at radius 3 is 2.37 bits per heavy atom. The zero-order valence-corrected chi connectivity index (χ0v) is 12.6. The Balaban J connectivity index is 2.51. The smallest absolute Gasteiger partial charge is 0.140 e. The molecule has 3 nitrogen and oxygen atoms in total.